The number of ether oxygens (including phenoxy) is 1. The molecule has 260 valence electrons. The fourth-order valence-electron chi connectivity index (χ4n) is 7.59. The Morgan fingerprint density at radius 3 is 2.18 bits per heavy atom. The standard InChI is InChI=1S/C32H25Cl2F5N2O8/c33-31-12-16-13(7-8-15-19(16)28(46)40(27(15)45)9-3-6-18(43)44)20(14-4-1-2-5-17(14)49-11-10-42)32(31,34)30(48)41(29(31)47)26-24(38)22(36)21(35)23(37)25(26)39/h1-2,4-5,7,15-16,19-20,42H,3,6,8-12H2,(H,43,44). The predicted octanol–water partition coefficient (Wildman–Crippen LogP) is 4.18. The Balaban J connectivity index is 1.55. The van der Waals surface area contributed by atoms with E-state index in [0.29, 0.717) is 0 Å². The van der Waals surface area contributed by atoms with E-state index in [9.17, 15) is 42.3 Å². The summed E-state index contributed by atoms with van der Waals surface area (Å²) in [7, 11) is 0. The van der Waals surface area contributed by atoms with Gasteiger partial charge in [-0.2, -0.15) is 0 Å². The summed E-state index contributed by atoms with van der Waals surface area (Å²) in [5, 5.41) is 18.5. The second-order valence-corrected chi connectivity index (χ2v) is 13.4. The van der Waals surface area contributed by atoms with Gasteiger partial charge in [-0.05, 0) is 31.2 Å². The average Bonchev–Trinajstić information content (AvgIpc) is 3.40. The zero-order valence-electron chi connectivity index (χ0n) is 25.0. The summed E-state index contributed by atoms with van der Waals surface area (Å²) in [4.78, 5) is 62.2. The molecule has 2 aliphatic heterocycles. The number of imide groups is 2. The molecule has 6 atom stereocenters. The number of amides is 4. The van der Waals surface area contributed by atoms with E-state index in [2.05, 4.69) is 0 Å². The van der Waals surface area contributed by atoms with Crippen LogP contribution in [-0.2, 0) is 24.0 Å². The maximum absolute atomic E-state index is 15.2. The van der Waals surface area contributed by atoms with Crippen LogP contribution < -0.4 is 9.64 Å². The highest BCUT2D eigenvalue weighted by atomic mass is 35.5. The molecule has 2 aliphatic carbocycles. The van der Waals surface area contributed by atoms with Crippen molar-refractivity contribution in [1.82, 2.24) is 4.90 Å². The molecule has 49 heavy (non-hydrogen) atoms. The van der Waals surface area contributed by atoms with Gasteiger partial charge in [0.1, 0.15) is 18.0 Å². The summed E-state index contributed by atoms with van der Waals surface area (Å²) in [5.74, 6) is -23.0. The van der Waals surface area contributed by atoms with E-state index in [4.69, 9.17) is 33.0 Å². The Bertz CT molecular complexity index is 1830. The van der Waals surface area contributed by atoms with E-state index in [1.165, 1.54) is 30.3 Å². The Hall–Kier alpha value is -4.08. The first-order valence-corrected chi connectivity index (χ1v) is 15.8. The van der Waals surface area contributed by atoms with Gasteiger partial charge in [-0.3, -0.25) is 28.9 Å². The quantitative estimate of drug-likeness (QED) is 0.0978. The van der Waals surface area contributed by atoms with Gasteiger partial charge in [0, 0.05) is 24.4 Å². The van der Waals surface area contributed by atoms with Crippen molar-refractivity contribution >= 4 is 58.5 Å². The van der Waals surface area contributed by atoms with Crippen LogP contribution in [0.3, 0.4) is 0 Å². The maximum Gasteiger partial charge on any atom is 0.303 e. The van der Waals surface area contributed by atoms with E-state index < -0.39 is 111 Å². The van der Waals surface area contributed by atoms with Crippen molar-refractivity contribution in [2.75, 3.05) is 24.7 Å². The number of carboxylic acid groups (broad SMARTS) is 1. The molecular weight excluding hydrogens is 706 g/mol. The highest BCUT2D eigenvalue weighted by molar-refractivity contribution is 6.58. The molecule has 0 spiro atoms. The molecule has 3 fully saturated rings. The van der Waals surface area contributed by atoms with Crippen LogP contribution in [0, 0.1) is 46.8 Å². The second-order valence-electron chi connectivity index (χ2n) is 12.1. The number of aliphatic hydroxyl groups excluding tert-OH is 1. The van der Waals surface area contributed by atoms with Crippen molar-refractivity contribution in [2.45, 2.75) is 41.3 Å². The molecule has 4 aliphatic rings. The molecule has 2 N–H and O–H groups in total. The average molecular weight is 731 g/mol. The number of aliphatic hydroxyl groups is 1. The first-order valence-electron chi connectivity index (χ1n) is 15.0. The van der Waals surface area contributed by atoms with Crippen molar-refractivity contribution in [3.63, 3.8) is 0 Å². The van der Waals surface area contributed by atoms with E-state index in [0.717, 1.165) is 4.90 Å². The van der Waals surface area contributed by atoms with Gasteiger partial charge in [0.2, 0.25) is 17.6 Å². The number of allylic oxidation sites excluding steroid dienone is 2. The predicted molar refractivity (Wildman–Crippen MR) is 159 cm³/mol. The molecule has 2 saturated heterocycles. The third-order valence-electron chi connectivity index (χ3n) is 9.66. The minimum absolute atomic E-state index is 0.0170. The molecule has 10 nitrogen and oxygen atoms in total. The van der Waals surface area contributed by atoms with Crippen LogP contribution in [0.5, 0.6) is 5.75 Å². The number of rotatable bonds is 9. The number of carbonyl (C=O) groups excluding carboxylic acids is 4. The summed E-state index contributed by atoms with van der Waals surface area (Å²) in [6, 6.07) is 5.86. The Morgan fingerprint density at radius 1 is 0.918 bits per heavy atom. The number of hydrogen-bond donors (Lipinski definition) is 2. The van der Waals surface area contributed by atoms with Crippen LogP contribution in [0.15, 0.2) is 35.9 Å². The number of benzene rings is 2. The van der Waals surface area contributed by atoms with E-state index >= 15 is 8.78 Å². The summed E-state index contributed by atoms with van der Waals surface area (Å²) >= 11 is 14.2. The number of aliphatic carboxylic acids is 1. The molecule has 2 aromatic carbocycles. The number of alkyl halides is 2. The van der Waals surface area contributed by atoms with E-state index in [1.807, 2.05) is 0 Å². The topological polar surface area (TPSA) is 142 Å². The molecule has 0 radical (unpaired) electrons. The zero-order valence-corrected chi connectivity index (χ0v) is 26.5. The van der Waals surface area contributed by atoms with E-state index in [1.54, 1.807) is 0 Å². The summed E-state index contributed by atoms with van der Waals surface area (Å²) in [6.07, 6.45) is 0.391. The minimum atomic E-state index is -2.73. The molecule has 4 amide bonds. The number of halogens is 7. The summed E-state index contributed by atoms with van der Waals surface area (Å²) in [5.41, 5.74) is -1.60. The number of nitrogens with zero attached hydrogens (tertiary/aromatic N) is 2. The largest absolute Gasteiger partial charge is 0.491 e. The number of fused-ring (bicyclic) bond motifs is 4. The van der Waals surface area contributed by atoms with Crippen LogP contribution in [0.25, 0.3) is 0 Å². The number of likely N-dealkylation sites (tertiary alicyclic amines) is 1. The lowest BCUT2D eigenvalue weighted by Crippen LogP contribution is -2.60. The van der Waals surface area contributed by atoms with Crippen molar-refractivity contribution in [3.05, 3.63) is 70.6 Å². The van der Waals surface area contributed by atoms with Crippen molar-refractivity contribution in [1.29, 1.82) is 0 Å². The van der Waals surface area contributed by atoms with Crippen LogP contribution in [0.4, 0.5) is 27.6 Å². The monoisotopic (exact) mass is 730 g/mol. The molecule has 6 rings (SSSR count). The molecular formula is C32H25Cl2F5N2O8. The number of carbonyl (C=O) groups is 5. The van der Waals surface area contributed by atoms with Gasteiger partial charge in [-0.25, -0.2) is 26.9 Å². The van der Waals surface area contributed by atoms with Gasteiger partial charge in [-0.1, -0.05) is 29.8 Å². The normalized spacial score (nSPS) is 29.2. The third kappa shape index (κ3) is 4.87. The fraction of sp³-hybridized carbons (Fsp3) is 0.406. The third-order valence-corrected chi connectivity index (χ3v) is 11.1. The summed E-state index contributed by atoms with van der Waals surface area (Å²) < 4.78 is 78.8. The van der Waals surface area contributed by atoms with Crippen molar-refractivity contribution in [2.24, 2.45) is 17.8 Å². The molecule has 1 saturated carbocycles. The number of carboxylic acids is 1. The summed E-state index contributed by atoms with van der Waals surface area (Å²) in [6.45, 7) is -0.948. The zero-order chi connectivity index (χ0) is 35.7. The van der Waals surface area contributed by atoms with Crippen LogP contribution in [-0.4, -0.2) is 74.2 Å². The van der Waals surface area contributed by atoms with Gasteiger partial charge >= 0.3 is 5.97 Å². The molecule has 2 heterocycles. The van der Waals surface area contributed by atoms with Gasteiger partial charge in [-0.15, -0.1) is 23.2 Å². The van der Waals surface area contributed by atoms with Gasteiger partial charge in [0.05, 0.1) is 18.4 Å². The first kappa shape index (κ1) is 34.8. The number of hydrogen-bond acceptors (Lipinski definition) is 7. The van der Waals surface area contributed by atoms with Gasteiger partial charge < -0.3 is 14.9 Å². The van der Waals surface area contributed by atoms with Crippen LogP contribution in [0.2, 0.25) is 0 Å². The van der Waals surface area contributed by atoms with Crippen LogP contribution in [0.1, 0.15) is 37.2 Å². The molecule has 17 heteroatoms. The maximum atomic E-state index is 15.2. The number of para-hydroxylation sites is 1. The van der Waals surface area contributed by atoms with E-state index in [-0.39, 0.29) is 54.2 Å². The molecule has 0 bridgehead atoms. The lowest BCUT2D eigenvalue weighted by molar-refractivity contribution is -0.142. The SMILES string of the molecule is O=C(O)CCCN1C(=O)C2CC=C3C(CC4(Cl)C(=O)N(c5c(F)c(F)c(F)c(F)c5F)C(=O)C4(Cl)C3c3ccccc3OCCO)C2C1=O. The Kier molecular flexibility index (Phi) is 8.77. The van der Waals surface area contributed by atoms with Crippen LogP contribution >= 0.6 is 23.2 Å². The highest BCUT2D eigenvalue weighted by Crippen LogP contribution is 2.66. The molecule has 6 unspecified atom stereocenters. The number of anilines is 1. The lowest BCUT2D eigenvalue weighted by Gasteiger charge is -2.51. The van der Waals surface area contributed by atoms with Gasteiger partial charge in [0.25, 0.3) is 11.8 Å². The van der Waals surface area contributed by atoms with Gasteiger partial charge in [0.15, 0.2) is 33.0 Å². The smallest absolute Gasteiger partial charge is 0.303 e. The Morgan fingerprint density at radius 2 is 1.55 bits per heavy atom. The minimum Gasteiger partial charge on any atom is -0.491 e. The second kappa shape index (κ2) is 12.4. The first-order chi connectivity index (χ1) is 23.1. The highest BCUT2D eigenvalue weighted by Gasteiger charge is 2.77. The molecule has 2 aromatic rings. The Labute approximate surface area is 284 Å². The van der Waals surface area contributed by atoms with Crippen molar-refractivity contribution in [3.8, 4) is 5.75 Å². The lowest BCUT2D eigenvalue weighted by atomic mass is 9.56. The van der Waals surface area contributed by atoms with Crippen molar-refractivity contribution < 1.29 is 60.9 Å². The molecule has 0 aromatic heterocycles. The fourth-order valence-corrected chi connectivity index (χ4v) is 8.52.